The molecule has 0 bridgehead atoms. The van der Waals surface area contributed by atoms with E-state index in [-0.39, 0.29) is 41.5 Å². The average Bonchev–Trinajstić information content (AvgIpc) is 2.76. The fourth-order valence-electron chi connectivity index (χ4n) is 2.53. The van der Waals surface area contributed by atoms with E-state index in [0.29, 0.717) is 11.3 Å². The van der Waals surface area contributed by atoms with Crippen molar-refractivity contribution in [3.63, 3.8) is 0 Å². The van der Waals surface area contributed by atoms with Gasteiger partial charge in [-0.3, -0.25) is 34.8 Å². The van der Waals surface area contributed by atoms with Crippen LogP contribution in [0.1, 0.15) is 46.9 Å². The standard InChI is InChI=1S/C22H22ClN3O6/c1-14(27)15-6-4-7-16(12-15)24-19(28)10-5-11-21(30)32-13-20(29)25-26-22(31)17-8-2-3-9-18(17)23/h2-4,6-9,12H,5,10-11,13H2,1H3,(H,24,28)(H,25,29)(H,26,31). The summed E-state index contributed by atoms with van der Waals surface area (Å²) in [5, 5.41) is 2.87. The highest BCUT2D eigenvalue weighted by Crippen LogP contribution is 2.14. The van der Waals surface area contributed by atoms with Gasteiger partial charge in [0.2, 0.25) is 5.91 Å². The van der Waals surface area contributed by atoms with E-state index < -0.39 is 24.4 Å². The van der Waals surface area contributed by atoms with Gasteiger partial charge in [0.25, 0.3) is 11.8 Å². The number of ketones is 1. The van der Waals surface area contributed by atoms with Gasteiger partial charge in [-0.2, -0.15) is 0 Å². The molecule has 2 aromatic carbocycles. The van der Waals surface area contributed by atoms with Gasteiger partial charge < -0.3 is 10.1 Å². The molecule has 3 amide bonds. The number of hydrazine groups is 1. The number of carbonyl (C=O) groups is 5. The Labute approximate surface area is 189 Å². The first-order chi connectivity index (χ1) is 15.3. The van der Waals surface area contributed by atoms with Crippen LogP contribution >= 0.6 is 11.6 Å². The first-order valence-electron chi connectivity index (χ1n) is 9.66. The van der Waals surface area contributed by atoms with Crippen LogP contribution in [-0.2, 0) is 19.1 Å². The second-order valence-corrected chi connectivity index (χ2v) is 7.09. The zero-order chi connectivity index (χ0) is 23.5. The molecule has 2 rings (SSSR count). The highest BCUT2D eigenvalue weighted by molar-refractivity contribution is 6.33. The average molecular weight is 460 g/mol. The lowest BCUT2D eigenvalue weighted by Gasteiger charge is -2.09. The van der Waals surface area contributed by atoms with E-state index in [1.165, 1.54) is 19.1 Å². The van der Waals surface area contributed by atoms with E-state index in [2.05, 4.69) is 16.2 Å². The van der Waals surface area contributed by atoms with Crippen LogP contribution in [0.4, 0.5) is 5.69 Å². The monoisotopic (exact) mass is 459 g/mol. The molecule has 0 unspecified atom stereocenters. The SMILES string of the molecule is CC(=O)c1cccc(NC(=O)CCCC(=O)OCC(=O)NNC(=O)c2ccccc2Cl)c1. The summed E-state index contributed by atoms with van der Waals surface area (Å²) in [6, 6.07) is 12.8. The van der Waals surface area contributed by atoms with E-state index in [1.54, 1.807) is 36.4 Å². The fourth-order valence-corrected chi connectivity index (χ4v) is 2.75. The van der Waals surface area contributed by atoms with Crippen molar-refractivity contribution in [2.45, 2.75) is 26.2 Å². The van der Waals surface area contributed by atoms with Crippen LogP contribution in [0.25, 0.3) is 0 Å². The highest BCUT2D eigenvalue weighted by Gasteiger charge is 2.13. The Hall–Kier alpha value is -3.72. The number of hydrogen-bond acceptors (Lipinski definition) is 6. The summed E-state index contributed by atoms with van der Waals surface area (Å²) in [5.41, 5.74) is 5.43. The van der Waals surface area contributed by atoms with Gasteiger partial charge in [-0.25, -0.2) is 0 Å². The van der Waals surface area contributed by atoms with Crippen molar-refractivity contribution in [2.75, 3.05) is 11.9 Å². The fraction of sp³-hybridized carbons (Fsp3) is 0.227. The minimum atomic E-state index is -0.734. The van der Waals surface area contributed by atoms with Gasteiger partial charge in [0.1, 0.15) is 0 Å². The Balaban J connectivity index is 1.63. The van der Waals surface area contributed by atoms with Crippen LogP contribution < -0.4 is 16.2 Å². The summed E-state index contributed by atoms with van der Waals surface area (Å²) in [5.74, 6) is -2.45. The molecule has 0 saturated carbocycles. The van der Waals surface area contributed by atoms with Crippen molar-refractivity contribution < 1.29 is 28.7 Å². The minimum Gasteiger partial charge on any atom is -0.455 e. The summed E-state index contributed by atoms with van der Waals surface area (Å²) in [4.78, 5) is 58.7. The smallest absolute Gasteiger partial charge is 0.306 e. The van der Waals surface area contributed by atoms with Crippen molar-refractivity contribution in [1.82, 2.24) is 10.9 Å². The number of ether oxygens (including phenoxy) is 1. The van der Waals surface area contributed by atoms with Crippen molar-refractivity contribution in [3.8, 4) is 0 Å². The number of benzene rings is 2. The third kappa shape index (κ3) is 8.19. The van der Waals surface area contributed by atoms with Crippen LogP contribution in [0.3, 0.4) is 0 Å². The van der Waals surface area contributed by atoms with Gasteiger partial charge in [-0.15, -0.1) is 0 Å². The molecule has 0 aliphatic heterocycles. The topological polar surface area (TPSA) is 131 Å². The number of carbonyl (C=O) groups excluding carboxylic acids is 5. The zero-order valence-electron chi connectivity index (χ0n) is 17.3. The number of anilines is 1. The molecule has 0 saturated heterocycles. The van der Waals surface area contributed by atoms with Crippen LogP contribution in [0, 0.1) is 0 Å². The lowest BCUT2D eigenvalue weighted by molar-refractivity contribution is -0.148. The Kier molecular flexibility index (Phi) is 9.37. The van der Waals surface area contributed by atoms with E-state index >= 15 is 0 Å². The summed E-state index contributed by atoms with van der Waals surface area (Å²) in [6.45, 7) is 0.839. The minimum absolute atomic E-state index is 0.0550. The molecule has 0 radical (unpaired) electrons. The third-order valence-electron chi connectivity index (χ3n) is 4.14. The lowest BCUT2D eigenvalue weighted by Crippen LogP contribution is -2.43. The van der Waals surface area contributed by atoms with Crippen molar-refractivity contribution >= 4 is 46.8 Å². The number of halogens is 1. The van der Waals surface area contributed by atoms with Gasteiger partial charge in [-0.05, 0) is 37.6 Å². The molecule has 32 heavy (non-hydrogen) atoms. The molecule has 9 nitrogen and oxygen atoms in total. The summed E-state index contributed by atoms with van der Waals surface area (Å²) in [7, 11) is 0. The lowest BCUT2D eigenvalue weighted by atomic mass is 10.1. The van der Waals surface area contributed by atoms with E-state index in [9.17, 15) is 24.0 Å². The van der Waals surface area contributed by atoms with E-state index in [0.717, 1.165) is 0 Å². The van der Waals surface area contributed by atoms with Gasteiger partial charge in [-0.1, -0.05) is 35.9 Å². The highest BCUT2D eigenvalue weighted by atomic mass is 35.5. The molecule has 0 heterocycles. The zero-order valence-corrected chi connectivity index (χ0v) is 18.0. The van der Waals surface area contributed by atoms with Gasteiger partial charge >= 0.3 is 5.97 Å². The quantitative estimate of drug-likeness (QED) is 0.300. The molecule has 0 atom stereocenters. The second-order valence-electron chi connectivity index (χ2n) is 6.68. The van der Waals surface area contributed by atoms with Crippen molar-refractivity contribution in [1.29, 1.82) is 0 Å². The normalized spacial score (nSPS) is 10.1. The number of nitrogens with one attached hydrogen (secondary N) is 3. The van der Waals surface area contributed by atoms with E-state index in [4.69, 9.17) is 16.3 Å². The van der Waals surface area contributed by atoms with Crippen molar-refractivity contribution in [3.05, 3.63) is 64.7 Å². The molecule has 10 heteroatoms. The van der Waals surface area contributed by atoms with Gasteiger partial charge in [0.15, 0.2) is 12.4 Å². The molecule has 0 spiro atoms. The molecule has 0 fully saturated rings. The number of rotatable bonds is 9. The maximum atomic E-state index is 12.0. The number of hydrogen-bond donors (Lipinski definition) is 3. The van der Waals surface area contributed by atoms with Crippen LogP contribution in [0.2, 0.25) is 5.02 Å². The summed E-state index contributed by atoms with van der Waals surface area (Å²) in [6.07, 6.45) is 0.196. The third-order valence-corrected chi connectivity index (χ3v) is 4.47. The maximum absolute atomic E-state index is 12.0. The largest absolute Gasteiger partial charge is 0.455 e. The number of esters is 1. The Morgan fingerprint density at radius 2 is 1.66 bits per heavy atom. The van der Waals surface area contributed by atoms with E-state index in [1.807, 2.05) is 0 Å². The summed E-state index contributed by atoms with van der Waals surface area (Å²) >= 11 is 5.89. The Morgan fingerprint density at radius 3 is 2.38 bits per heavy atom. The molecule has 2 aromatic rings. The molecule has 0 aromatic heterocycles. The predicted octanol–water partition coefficient (Wildman–Crippen LogP) is 2.66. The van der Waals surface area contributed by atoms with Crippen LogP contribution in [0.15, 0.2) is 48.5 Å². The van der Waals surface area contributed by atoms with Gasteiger partial charge in [0, 0.05) is 24.1 Å². The number of Topliss-reactive ketones (excluding diaryl/α,β-unsaturated/α-hetero) is 1. The molecule has 0 aliphatic carbocycles. The Morgan fingerprint density at radius 1 is 0.906 bits per heavy atom. The first kappa shape index (κ1) is 24.5. The molecule has 0 aliphatic rings. The number of amides is 3. The van der Waals surface area contributed by atoms with Crippen LogP contribution in [-0.4, -0.2) is 36.1 Å². The first-order valence-corrected chi connectivity index (χ1v) is 10.0. The molecule has 3 N–H and O–H groups in total. The molecular formula is C22H22ClN3O6. The van der Waals surface area contributed by atoms with Gasteiger partial charge in [0.05, 0.1) is 10.6 Å². The summed E-state index contributed by atoms with van der Waals surface area (Å²) < 4.78 is 4.81. The molecule has 168 valence electrons. The van der Waals surface area contributed by atoms with Crippen molar-refractivity contribution in [2.24, 2.45) is 0 Å². The predicted molar refractivity (Wildman–Crippen MR) is 117 cm³/mol. The Bertz CT molecular complexity index is 1020. The van der Waals surface area contributed by atoms with Crippen LogP contribution in [0.5, 0.6) is 0 Å². The maximum Gasteiger partial charge on any atom is 0.306 e. The molecular weight excluding hydrogens is 438 g/mol. The second kappa shape index (κ2) is 12.2.